The van der Waals surface area contributed by atoms with Crippen LogP contribution in [0.5, 0.6) is 0 Å². The van der Waals surface area contributed by atoms with Gasteiger partial charge in [0.15, 0.2) is 0 Å². The maximum Gasteiger partial charge on any atom is 0.254 e. The van der Waals surface area contributed by atoms with Crippen molar-refractivity contribution in [3.8, 4) is 0 Å². The summed E-state index contributed by atoms with van der Waals surface area (Å²) >= 11 is 0. The van der Waals surface area contributed by atoms with E-state index in [1.165, 1.54) is 24.3 Å². The van der Waals surface area contributed by atoms with Crippen LogP contribution in [-0.2, 0) is 17.9 Å². The monoisotopic (exact) mass is 473 g/mol. The molecular weight excluding hydrogens is 441 g/mol. The Morgan fingerprint density at radius 3 is 2.26 bits per heavy atom. The molecule has 35 heavy (non-hydrogen) atoms. The highest BCUT2D eigenvalue weighted by Crippen LogP contribution is 2.29. The molecule has 1 saturated carbocycles. The molecule has 0 atom stereocenters. The average molecular weight is 474 g/mol. The lowest BCUT2D eigenvalue weighted by molar-refractivity contribution is -0.119. The summed E-state index contributed by atoms with van der Waals surface area (Å²) < 4.78 is 13.5. The topological polar surface area (TPSA) is 52.7 Å². The zero-order valence-electron chi connectivity index (χ0n) is 20.3. The van der Waals surface area contributed by atoms with Crippen LogP contribution < -0.4 is 10.2 Å². The normalized spacial score (nSPS) is 13.5. The summed E-state index contributed by atoms with van der Waals surface area (Å²) in [6.45, 7) is 0.744. The van der Waals surface area contributed by atoms with E-state index >= 15 is 0 Å². The first-order chi connectivity index (χ1) is 16.9. The molecule has 3 aromatic rings. The Labute approximate surface area is 206 Å². The second kappa shape index (κ2) is 11.2. The Hall–Kier alpha value is -3.67. The Morgan fingerprint density at radius 1 is 0.914 bits per heavy atom. The number of nitrogens with one attached hydrogen (secondary N) is 1. The summed E-state index contributed by atoms with van der Waals surface area (Å²) in [6, 6.07) is 21.3. The molecule has 0 radical (unpaired) electrons. The zero-order valence-corrected chi connectivity index (χ0v) is 20.3. The summed E-state index contributed by atoms with van der Waals surface area (Å²) in [4.78, 5) is 30.0. The first-order valence-corrected chi connectivity index (χ1v) is 12.1. The van der Waals surface area contributed by atoms with Gasteiger partial charge in [0.2, 0.25) is 5.91 Å². The fourth-order valence-electron chi connectivity index (χ4n) is 4.64. The fourth-order valence-corrected chi connectivity index (χ4v) is 4.64. The molecule has 1 N–H and O–H groups in total. The van der Waals surface area contributed by atoms with E-state index in [2.05, 4.69) is 5.32 Å². The minimum Gasteiger partial charge on any atom is -0.377 e. The Bertz CT molecular complexity index is 1160. The van der Waals surface area contributed by atoms with Crippen molar-refractivity contribution in [1.29, 1.82) is 0 Å². The minimum absolute atomic E-state index is 0.0644. The van der Waals surface area contributed by atoms with Gasteiger partial charge in [0.05, 0.1) is 0 Å². The molecule has 0 saturated heterocycles. The Kier molecular flexibility index (Phi) is 7.80. The van der Waals surface area contributed by atoms with Gasteiger partial charge in [-0.1, -0.05) is 43.2 Å². The first kappa shape index (κ1) is 24.5. The molecule has 182 valence electrons. The third kappa shape index (κ3) is 6.27. The highest BCUT2D eigenvalue weighted by molar-refractivity contribution is 5.95. The van der Waals surface area contributed by atoms with Gasteiger partial charge in [-0.2, -0.15) is 0 Å². The fraction of sp³-hybridized carbons (Fsp3) is 0.310. The van der Waals surface area contributed by atoms with Gasteiger partial charge in [0.25, 0.3) is 5.91 Å². The van der Waals surface area contributed by atoms with Crippen molar-refractivity contribution < 1.29 is 14.0 Å². The number of halogens is 1. The van der Waals surface area contributed by atoms with E-state index in [-0.39, 0.29) is 23.5 Å². The molecule has 6 heteroatoms. The summed E-state index contributed by atoms with van der Waals surface area (Å²) in [6.07, 6.45) is 4.07. The Morgan fingerprint density at radius 2 is 1.60 bits per heavy atom. The molecular formula is C29H32FN3O2. The van der Waals surface area contributed by atoms with Crippen LogP contribution in [-0.4, -0.2) is 30.8 Å². The largest absolute Gasteiger partial charge is 0.377 e. The van der Waals surface area contributed by atoms with Gasteiger partial charge < -0.3 is 15.1 Å². The average Bonchev–Trinajstić information content (AvgIpc) is 3.40. The molecule has 0 aliphatic heterocycles. The zero-order chi connectivity index (χ0) is 24.8. The van der Waals surface area contributed by atoms with Crippen LogP contribution in [0.25, 0.3) is 0 Å². The second-order valence-electron chi connectivity index (χ2n) is 9.36. The molecule has 0 unspecified atom stereocenters. The van der Waals surface area contributed by atoms with Crippen molar-refractivity contribution in [3.63, 3.8) is 0 Å². The van der Waals surface area contributed by atoms with Crippen LogP contribution in [0.2, 0.25) is 0 Å². The number of anilines is 2. The van der Waals surface area contributed by atoms with Crippen molar-refractivity contribution >= 4 is 23.2 Å². The van der Waals surface area contributed by atoms with Gasteiger partial charge in [-0.25, -0.2) is 4.39 Å². The maximum absolute atomic E-state index is 13.5. The van der Waals surface area contributed by atoms with E-state index in [0.29, 0.717) is 18.7 Å². The number of benzene rings is 3. The van der Waals surface area contributed by atoms with Crippen LogP contribution in [0.4, 0.5) is 15.8 Å². The molecule has 0 aromatic heterocycles. The van der Waals surface area contributed by atoms with Crippen LogP contribution in [0, 0.1) is 11.7 Å². The molecule has 0 bridgehead atoms. The number of carbonyl (C=O) groups is 2. The van der Waals surface area contributed by atoms with Gasteiger partial charge >= 0.3 is 0 Å². The second-order valence-corrected chi connectivity index (χ2v) is 9.36. The van der Waals surface area contributed by atoms with Crippen molar-refractivity contribution in [3.05, 3.63) is 95.3 Å². The van der Waals surface area contributed by atoms with Crippen molar-refractivity contribution in [2.24, 2.45) is 5.92 Å². The van der Waals surface area contributed by atoms with Gasteiger partial charge in [0.1, 0.15) is 5.82 Å². The van der Waals surface area contributed by atoms with Crippen LogP contribution in [0.3, 0.4) is 0 Å². The van der Waals surface area contributed by atoms with E-state index in [1.54, 1.807) is 4.90 Å². The predicted octanol–water partition coefficient (Wildman–Crippen LogP) is 5.86. The van der Waals surface area contributed by atoms with Gasteiger partial charge in [-0.3, -0.25) is 9.59 Å². The SMILES string of the molecule is CN(C)c1ccc(NC(=O)C2CCCC2)cc1CN(Cc1ccccc1)C(=O)c1ccc(F)cc1. The number of amides is 2. The number of rotatable bonds is 8. The van der Waals surface area contributed by atoms with Gasteiger partial charge in [-0.05, 0) is 66.4 Å². The molecule has 1 fully saturated rings. The highest BCUT2D eigenvalue weighted by atomic mass is 19.1. The van der Waals surface area contributed by atoms with Crippen LogP contribution in [0.1, 0.15) is 47.2 Å². The molecule has 3 aromatic carbocycles. The third-order valence-electron chi connectivity index (χ3n) is 6.51. The van der Waals surface area contributed by atoms with Crippen molar-refractivity contribution in [1.82, 2.24) is 4.90 Å². The Balaban J connectivity index is 1.63. The first-order valence-electron chi connectivity index (χ1n) is 12.1. The predicted molar refractivity (Wildman–Crippen MR) is 138 cm³/mol. The quantitative estimate of drug-likeness (QED) is 0.446. The third-order valence-corrected chi connectivity index (χ3v) is 6.51. The molecule has 0 heterocycles. The molecule has 1 aliphatic carbocycles. The summed E-state index contributed by atoms with van der Waals surface area (Å²) in [5.74, 6) is -0.424. The van der Waals surface area contributed by atoms with Gasteiger partial charge in [0, 0.05) is 50.0 Å². The van der Waals surface area contributed by atoms with E-state index in [4.69, 9.17) is 0 Å². The van der Waals surface area contributed by atoms with E-state index in [0.717, 1.165) is 48.2 Å². The lowest BCUT2D eigenvalue weighted by atomic mass is 10.1. The molecule has 0 spiro atoms. The summed E-state index contributed by atoms with van der Waals surface area (Å²) in [5.41, 5.74) is 4.05. The van der Waals surface area contributed by atoms with Crippen molar-refractivity contribution in [2.75, 3.05) is 24.3 Å². The molecule has 1 aliphatic rings. The van der Waals surface area contributed by atoms with Crippen LogP contribution in [0.15, 0.2) is 72.8 Å². The minimum atomic E-state index is -0.378. The lowest BCUT2D eigenvalue weighted by Gasteiger charge is -2.27. The standard InChI is InChI=1S/C29H32FN3O2/c1-32(2)27-17-16-26(31-28(34)22-10-6-7-11-22)18-24(27)20-33(19-21-8-4-3-5-9-21)29(35)23-12-14-25(30)15-13-23/h3-5,8-9,12-18,22H,6-7,10-11,19-20H2,1-2H3,(H,31,34). The summed E-state index contributed by atoms with van der Waals surface area (Å²) in [7, 11) is 3.91. The maximum atomic E-state index is 13.5. The highest BCUT2D eigenvalue weighted by Gasteiger charge is 2.23. The van der Waals surface area contributed by atoms with Gasteiger partial charge in [-0.15, -0.1) is 0 Å². The van der Waals surface area contributed by atoms with E-state index in [1.807, 2.05) is 67.5 Å². The number of nitrogens with zero attached hydrogens (tertiary/aromatic N) is 2. The lowest BCUT2D eigenvalue weighted by Crippen LogP contribution is -2.31. The molecule has 5 nitrogen and oxygen atoms in total. The molecule has 2 amide bonds. The van der Waals surface area contributed by atoms with Crippen molar-refractivity contribution in [2.45, 2.75) is 38.8 Å². The number of hydrogen-bond donors (Lipinski definition) is 1. The van der Waals surface area contributed by atoms with Crippen LogP contribution >= 0.6 is 0 Å². The number of hydrogen-bond acceptors (Lipinski definition) is 3. The number of carbonyl (C=O) groups excluding carboxylic acids is 2. The van der Waals surface area contributed by atoms with E-state index < -0.39 is 0 Å². The summed E-state index contributed by atoms with van der Waals surface area (Å²) in [5, 5.41) is 3.08. The smallest absolute Gasteiger partial charge is 0.254 e. The van der Waals surface area contributed by atoms with E-state index in [9.17, 15) is 14.0 Å². The molecule has 4 rings (SSSR count).